The molecule has 140 valence electrons. The molecule has 3 rings (SSSR count). The van der Waals surface area contributed by atoms with Crippen LogP contribution in [0.15, 0.2) is 24.3 Å². The van der Waals surface area contributed by atoms with Crippen molar-refractivity contribution >= 4 is 29.3 Å². The summed E-state index contributed by atoms with van der Waals surface area (Å²) >= 11 is 0. The molecule has 2 aliphatic rings. The monoisotopic (exact) mass is 360 g/mol. The molecule has 3 N–H and O–H groups in total. The zero-order chi connectivity index (χ0) is 19.3. The number of benzene rings is 1. The van der Waals surface area contributed by atoms with Gasteiger partial charge in [0.25, 0.3) is 5.91 Å². The van der Waals surface area contributed by atoms with Crippen molar-refractivity contribution in [3.8, 4) is 0 Å². The highest BCUT2D eigenvalue weighted by Crippen LogP contribution is 2.42. The molecule has 1 spiro atoms. The lowest BCUT2D eigenvalue weighted by Gasteiger charge is -2.43. The Morgan fingerprint density at radius 2 is 1.96 bits per heavy atom. The Morgan fingerprint density at radius 1 is 1.31 bits per heavy atom. The number of primary amides is 1. The van der Waals surface area contributed by atoms with Crippen molar-refractivity contribution in [1.82, 2.24) is 4.90 Å². The third kappa shape index (κ3) is 2.85. The Hall–Kier alpha value is -2.77. The Morgan fingerprint density at radius 3 is 2.58 bits per heavy atom. The molecule has 1 fully saturated rings. The summed E-state index contributed by atoms with van der Waals surface area (Å²) in [5, 5.41) is 2.88. The minimum Gasteiger partial charge on any atom is -0.444 e. The molecule has 3 amide bonds. The van der Waals surface area contributed by atoms with Crippen molar-refractivity contribution < 1.29 is 19.1 Å². The van der Waals surface area contributed by atoms with Gasteiger partial charge in [0.05, 0.1) is 17.9 Å². The van der Waals surface area contributed by atoms with Crippen LogP contribution in [0.2, 0.25) is 0 Å². The van der Waals surface area contributed by atoms with E-state index >= 15 is 0 Å². The Balaban J connectivity index is 1.97. The number of para-hydroxylation sites is 2. The number of nitrogens with zero attached hydrogens (tertiary/aromatic N) is 2. The predicted octanol–water partition coefficient (Wildman–Crippen LogP) is 1.31. The van der Waals surface area contributed by atoms with Crippen molar-refractivity contribution in [3.05, 3.63) is 24.3 Å². The number of likely N-dealkylation sites (N-methyl/N-ethyl adjacent to an activating group) is 1. The van der Waals surface area contributed by atoms with Crippen LogP contribution in [-0.2, 0) is 14.3 Å². The van der Waals surface area contributed by atoms with Gasteiger partial charge in [-0.15, -0.1) is 0 Å². The number of nitrogens with one attached hydrogen (secondary N) is 1. The van der Waals surface area contributed by atoms with Gasteiger partial charge in [-0.05, 0) is 32.9 Å². The quantitative estimate of drug-likeness (QED) is 0.786. The fourth-order valence-electron chi connectivity index (χ4n) is 3.55. The summed E-state index contributed by atoms with van der Waals surface area (Å²) in [7, 11) is 1.79. The molecule has 8 nitrogen and oxygen atoms in total. The predicted molar refractivity (Wildman–Crippen MR) is 96.7 cm³/mol. The maximum Gasteiger partial charge on any atom is 0.411 e. The summed E-state index contributed by atoms with van der Waals surface area (Å²) in [5.41, 5.74) is 5.24. The molecule has 2 aliphatic heterocycles. The summed E-state index contributed by atoms with van der Waals surface area (Å²) in [6.45, 7) is 5.25. The standard InChI is InChI=1S/C18H24N4O4/c1-17(2,3)26-16(25)22-10-18(9-13(22)14(19)23)15(24)20-11-7-5-6-8-12(11)21(18)4/h5-8,13H,9-10H2,1-4H3,(H2,19,23)(H,20,24)/t13-,18+/m0/s1. The van der Waals surface area contributed by atoms with Crippen molar-refractivity contribution in [3.63, 3.8) is 0 Å². The van der Waals surface area contributed by atoms with Crippen molar-refractivity contribution in [2.24, 2.45) is 5.73 Å². The van der Waals surface area contributed by atoms with Gasteiger partial charge in [0.15, 0.2) is 0 Å². The van der Waals surface area contributed by atoms with Gasteiger partial charge in [-0.3, -0.25) is 14.5 Å². The third-order valence-electron chi connectivity index (χ3n) is 4.87. The number of likely N-dealkylation sites (tertiary alicyclic amines) is 1. The molecule has 0 radical (unpaired) electrons. The molecule has 0 bridgehead atoms. The van der Waals surface area contributed by atoms with Crippen LogP contribution >= 0.6 is 0 Å². The first-order valence-corrected chi connectivity index (χ1v) is 8.48. The lowest BCUT2D eigenvalue weighted by atomic mass is 9.89. The molecule has 0 aromatic heterocycles. The number of carbonyl (C=O) groups excluding carboxylic acids is 3. The Kier molecular flexibility index (Phi) is 4.09. The van der Waals surface area contributed by atoms with Gasteiger partial charge in [-0.2, -0.15) is 0 Å². The highest BCUT2D eigenvalue weighted by atomic mass is 16.6. The van der Waals surface area contributed by atoms with E-state index in [1.807, 2.05) is 29.2 Å². The van der Waals surface area contributed by atoms with Gasteiger partial charge in [-0.25, -0.2) is 4.79 Å². The normalized spacial score (nSPS) is 25.1. The van der Waals surface area contributed by atoms with Crippen LogP contribution in [-0.4, -0.2) is 53.6 Å². The first-order valence-electron chi connectivity index (χ1n) is 8.48. The van der Waals surface area contributed by atoms with Crippen molar-refractivity contribution in [2.45, 2.75) is 44.4 Å². The van der Waals surface area contributed by atoms with Crippen LogP contribution in [0.25, 0.3) is 0 Å². The van der Waals surface area contributed by atoms with E-state index in [1.54, 1.807) is 27.8 Å². The molecule has 0 aliphatic carbocycles. The topological polar surface area (TPSA) is 105 Å². The molecule has 26 heavy (non-hydrogen) atoms. The lowest BCUT2D eigenvalue weighted by Crippen LogP contribution is -2.60. The van der Waals surface area contributed by atoms with Crippen molar-refractivity contribution in [2.75, 3.05) is 23.8 Å². The smallest absolute Gasteiger partial charge is 0.411 e. The zero-order valence-electron chi connectivity index (χ0n) is 15.4. The van der Waals surface area contributed by atoms with Crippen LogP contribution in [0.1, 0.15) is 27.2 Å². The van der Waals surface area contributed by atoms with Crippen LogP contribution in [0.5, 0.6) is 0 Å². The molecule has 8 heteroatoms. The molecule has 1 saturated heterocycles. The minimum atomic E-state index is -1.08. The Labute approximate surface area is 152 Å². The number of ether oxygens (including phenoxy) is 1. The third-order valence-corrected chi connectivity index (χ3v) is 4.87. The highest BCUT2D eigenvalue weighted by molar-refractivity contribution is 6.08. The number of anilines is 2. The number of nitrogens with two attached hydrogens (primary N) is 1. The average Bonchev–Trinajstić information content (AvgIpc) is 2.94. The lowest BCUT2D eigenvalue weighted by molar-refractivity contribution is -0.122. The first kappa shape index (κ1) is 18.0. The van der Waals surface area contributed by atoms with Crippen LogP contribution in [0.3, 0.4) is 0 Å². The first-order chi connectivity index (χ1) is 12.0. The number of fused-ring (bicyclic) bond motifs is 1. The fraction of sp³-hybridized carbons (Fsp3) is 0.500. The van der Waals surface area contributed by atoms with E-state index in [2.05, 4.69) is 5.32 Å². The van der Waals surface area contributed by atoms with Crippen LogP contribution in [0, 0.1) is 0 Å². The number of hydrogen-bond donors (Lipinski definition) is 2. The Bertz CT molecular complexity index is 773. The second-order valence-corrected chi connectivity index (χ2v) is 7.79. The second kappa shape index (κ2) is 5.89. The van der Waals surface area contributed by atoms with E-state index in [0.717, 1.165) is 5.69 Å². The molecule has 1 aromatic rings. The molecule has 0 saturated carbocycles. The van der Waals surface area contributed by atoms with E-state index in [1.165, 1.54) is 4.90 Å². The number of amides is 3. The summed E-state index contributed by atoms with van der Waals surface area (Å²) in [5.74, 6) is -0.927. The number of hydrogen-bond acceptors (Lipinski definition) is 5. The van der Waals surface area contributed by atoms with Gasteiger partial charge >= 0.3 is 6.09 Å². The maximum absolute atomic E-state index is 12.9. The molecule has 1 aromatic carbocycles. The number of carbonyl (C=O) groups is 3. The SMILES string of the molecule is CN1c2ccccc2NC(=O)[C@]12C[C@@H](C(N)=O)N(C(=O)OC(C)(C)C)C2. The maximum atomic E-state index is 12.9. The van der Waals surface area contributed by atoms with Gasteiger partial charge in [-0.1, -0.05) is 12.1 Å². The van der Waals surface area contributed by atoms with Gasteiger partial charge in [0.1, 0.15) is 17.2 Å². The summed E-state index contributed by atoms with van der Waals surface area (Å²) in [4.78, 5) is 40.6. The van der Waals surface area contributed by atoms with E-state index < -0.39 is 29.2 Å². The van der Waals surface area contributed by atoms with E-state index in [-0.39, 0.29) is 18.9 Å². The second-order valence-electron chi connectivity index (χ2n) is 7.79. The van der Waals surface area contributed by atoms with Crippen molar-refractivity contribution in [1.29, 1.82) is 0 Å². The fourth-order valence-corrected chi connectivity index (χ4v) is 3.55. The van der Waals surface area contributed by atoms with E-state index in [4.69, 9.17) is 10.5 Å². The molecule has 2 heterocycles. The minimum absolute atomic E-state index is 0.0200. The highest BCUT2D eigenvalue weighted by Gasteiger charge is 2.57. The summed E-state index contributed by atoms with van der Waals surface area (Å²) < 4.78 is 5.40. The van der Waals surface area contributed by atoms with E-state index in [0.29, 0.717) is 5.69 Å². The largest absolute Gasteiger partial charge is 0.444 e. The van der Waals surface area contributed by atoms with Crippen LogP contribution < -0.4 is 16.0 Å². The average molecular weight is 360 g/mol. The zero-order valence-corrected chi connectivity index (χ0v) is 15.4. The summed E-state index contributed by atoms with van der Waals surface area (Å²) in [6.07, 6.45) is -0.545. The van der Waals surface area contributed by atoms with Gasteiger partial charge in [0.2, 0.25) is 5.91 Å². The summed E-state index contributed by atoms with van der Waals surface area (Å²) in [6, 6.07) is 6.48. The van der Waals surface area contributed by atoms with Gasteiger partial charge in [0, 0.05) is 13.5 Å². The van der Waals surface area contributed by atoms with E-state index in [9.17, 15) is 14.4 Å². The molecule has 0 unspecified atom stereocenters. The van der Waals surface area contributed by atoms with Gasteiger partial charge < -0.3 is 20.7 Å². The van der Waals surface area contributed by atoms with Crippen LogP contribution in [0.4, 0.5) is 16.2 Å². The molecule has 2 atom stereocenters. The molecular weight excluding hydrogens is 336 g/mol. The molecular formula is C18H24N4O4. The number of rotatable bonds is 1.